The third-order valence-corrected chi connectivity index (χ3v) is 3.52. The molecule has 1 N–H and O–H groups in total. The Morgan fingerprint density at radius 3 is 1.92 bits per heavy atom. The van der Waals surface area contributed by atoms with Gasteiger partial charge in [-0.05, 0) is 25.2 Å². The lowest BCUT2D eigenvalue weighted by molar-refractivity contribution is -0.126. The van der Waals surface area contributed by atoms with E-state index >= 15 is 0 Å². The van der Waals surface area contributed by atoms with Crippen LogP contribution in [0, 0.1) is 5.92 Å². The molecule has 0 atom stereocenters. The van der Waals surface area contributed by atoms with Crippen molar-refractivity contribution in [2.75, 3.05) is 59.4 Å². The van der Waals surface area contributed by atoms with E-state index < -0.39 is 0 Å². The van der Waals surface area contributed by atoms with Gasteiger partial charge in [-0.2, -0.15) is 0 Å². The van der Waals surface area contributed by atoms with Crippen LogP contribution in [0.2, 0.25) is 0 Å². The van der Waals surface area contributed by atoms with Gasteiger partial charge in [0.25, 0.3) is 0 Å². The first-order chi connectivity index (χ1) is 12.2. The van der Waals surface area contributed by atoms with E-state index in [1.165, 1.54) is 6.42 Å². The van der Waals surface area contributed by atoms with Gasteiger partial charge in [-0.25, -0.2) is 0 Å². The Bertz CT molecular complexity index is 287. The molecule has 0 saturated heterocycles. The number of nitrogens with one attached hydrogen (secondary N) is 1. The SMILES string of the molecule is CCCCCNC(=O)COCCOCCOCCOCCCC(C)C. The standard InChI is InChI=1S/C19H39NO5/c1-4-5-6-9-20-19(21)17-25-16-15-24-14-13-23-12-11-22-10-7-8-18(2)3/h18H,4-17H2,1-3H3,(H,20,21). The Balaban J connectivity index is 3.10. The predicted octanol–water partition coefficient (Wildman–Crippen LogP) is 2.80. The van der Waals surface area contributed by atoms with Gasteiger partial charge in [0, 0.05) is 13.2 Å². The van der Waals surface area contributed by atoms with Crippen molar-refractivity contribution >= 4 is 5.91 Å². The lowest BCUT2D eigenvalue weighted by Crippen LogP contribution is -2.29. The summed E-state index contributed by atoms with van der Waals surface area (Å²) in [5, 5.41) is 2.83. The summed E-state index contributed by atoms with van der Waals surface area (Å²) in [4.78, 5) is 11.4. The number of unbranched alkanes of at least 4 members (excludes halogenated alkanes) is 2. The van der Waals surface area contributed by atoms with Crippen LogP contribution in [0.3, 0.4) is 0 Å². The summed E-state index contributed by atoms with van der Waals surface area (Å²) in [5.41, 5.74) is 0. The highest BCUT2D eigenvalue weighted by molar-refractivity contribution is 5.77. The van der Waals surface area contributed by atoms with Gasteiger partial charge in [0.05, 0.1) is 39.6 Å². The molecule has 0 saturated carbocycles. The molecule has 0 spiro atoms. The van der Waals surface area contributed by atoms with Crippen molar-refractivity contribution in [2.24, 2.45) is 5.92 Å². The second-order valence-electron chi connectivity index (χ2n) is 6.48. The fourth-order valence-corrected chi connectivity index (χ4v) is 2.07. The van der Waals surface area contributed by atoms with E-state index in [0.29, 0.717) is 39.6 Å². The van der Waals surface area contributed by atoms with E-state index in [-0.39, 0.29) is 12.5 Å². The molecule has 0 aliphatic carbocycles. The third kappa shape index (κ3) is 21.3. The largest absolute Gasteiger partial charge is 0.379 e. The first kappa shape index (κ1) is 24.3. The Hall–Kier alpha value is -0.690. The van der Waals surface area contributed by atoms with Crippen LogP contribution in [0.4, 0.5) is 0 Å². The van der Waals surface area contributed by atoms with Crippen molar-refractivity contribution in [2.45, 2.75) is 52.9 Å². The van der Waals surface area contributed by atoms with Gasteiger partial charge < -0.3 is 24.3 Å². The quantitative estimate of drug-likeness (QED) is 0.358. The number of ether oxygens (including phenoxy) is 4. The van der Waals surface area contributed by atoms with E-state index in [4.69, 9.17) is 18.9 Å². The van der Waals surface area contributed by atoms with Crippen LogP contribution in [0.1, 0.15) is 52.9 Å². The molecule has 0 aromatic carbocycles. The molecule has 0 bridgehead atoms. The summed E-state index contributed by atoms with van der Waals surface area (Å²) in [6.45, 7) is 11.4. The van der Waals surface area contributed by atoms with Gasteiger partial charge in [-0.3, -0.25) is 4.79 Å². The summed E-state index contributed by atoms with van der Waals surface area (Å²) in [7, 11) is 0. The zero-order valence-corrected chi connectivity index (χ0v) is 16.5. The molecule has 0 radical (unpaired) electrons. The monoisotopic (exact) mass is 361 g/mol. The molecule has 0 heterocycles. The molecular formula is C19H39NO5. The zero-order chi connectivity index (χ0) is 18.6. The third-order valence-electron chi connectivity index (χ3n) is 3.52. The van der Waals surface area contributed by atoms with E-state index in [1.807, 2.05) is 0 Å². The normalized spacial score (nSPS) is 11.2. The number of carbonyl (C=O) groups excluding carboxylic acids is 1. The first-order valence-corrected chi connectivity index (χ1v) is 9.74. The summed E-state index contributed by atoms with van der Waals surface area (Å²) in [5.74, 6) is 0.675. The summed E-state index contributed by atoms with van der Waals surface area (Å²) < 4.78 is 21.5. The minimum atomic E-state index is -0.0622. The Morgan fingerprint density at radius 1 is 0.800 bits per heavy atom. The van der Waals surface area contributed by atoms with Gasteiger partial charge in [0.2, 0.25) is 5.91 Å². The van der Waals surface area contributed by atoms with Crippen molar-refractivity contribution in [1.29, 1.82) is 0 Å². The second kappa shape index (κ2) is 19.6. The van der Waals surface area contributed by atoms with Crippen LogP contribution in [0.15, 0.2) is 0 Å². The van der Waals surface area contributed by atoms with E-state index in [0.717, 1.165) is 44.8 Å². The van der Waals surface area contributed by atoms with Gasteiger partial charge in [-0.15, -0.1) is 0 Å². The molecular weight excluding hydrogens is 322 g/mol. The van der Waals surface area contributed by atoms with E-state index in [2.05, 4.69) is 26.1 Å². The number of carbonyl (C=O) groups is 1. The van der Waals surface area contributed by atoms with Crippen LogP contribution in [0.5, 0.6) is 0 Å². The van der Waals surface area contributed by atoms with E-state index in [9.17, 15) is 4.79 Å². The van der Waals surface area contributed by atoms with E-state index in [1.54, 1.807) is 0 Å². The van der Waals surface area contributed by atoms with Crippen LogP contribution >= 0.6 is 0 Å². The molecule has 0 aromatic rings. The second-order valence-corrected chi connectivity index (χ2v) is 6.48. The highest BCUT2D eigenvalue weighted by Gasteiger charge is 2.00. The van der Waals surface area contributed by atoms with Gasteiger partial charge >= 0.3 is 0 Å². The van der Waals surface area contributed by atoms with Crippen molar-refractivity contribution in [3.8, 4) is 0 Å². The van der Waals surface area contributed by atoms with Crippen LogP contribution in [0.25, 0.3) is 0 Å². The molecule has 6 heteroatoms. The van der Waals surface area contributed by atoms with Crippen molar-refractivity contribution in [3.05, 3.63) is 0 Å². The summed E-state index contributed by atoms with van der Waals surface area (Å²) in [6, 6.07) is 0. The van der Waals surface area contributed by atoms with Gasteiger partial charge in [0.1, 0.15) is 6.61 Å². The van der Waals surface area contributed by atoms with Crippen molar-refractivity contribution in [1.82, 2.24) is 5.32 Å². The molecule has 1 amide bonds. The van der Waals surface area contributed by atoms with Crippen molar-refractivity contribution < 1.29 is 23.7 Å². The maximum atomic E-state index is 11.4. The number of amides is 1. The predicted molar refractivity (Wildman–Crippen MR) is 99.9 cm³/mol. The number of hydrogen-bond donors (Lipinski definition) is 1. The Labute approximate surface area is 153 Å². The highest BCUT2D eigenvalue weighted by Crippen LogP contribution is 2.02. The molecule has 0 aliphatic rings. The van der Waals surface area contributed by atoms with Crippen molar-refractivity contribution in [3.63, 3.8) is 0 Å². The molecule has 0 unspecified atom stereocenters. The van der Waals surface area contributed by atoms with Gasteiger partial charge in [0.15, 0.2) is 0 Å². The molecule has 25 heavy (non-hydrogen) atoms. The molecule has 6 nitrogen and oxygen atoms in total. The van der Waals surface area contributed by atoms with Crippen LogP contribution in [-0.4, -0.2) is 65.3 Å². The molecule has 0 aromatic heterocycles. The molecule has 0 rings (SSSR count). The lowest BCUT2D eigenvalue weighted by Gasteiger charge is -2.08. The smallest absolute Gasteiger partial charge is 0.245 e. The number of rotatable bonds is 19. The fourth-order valence-electron chi connectivity index (χ4n) is 2.07. The van der Waals surface area contributed by atoms with Crippen LogP contribution < -0.4 is 5.32 Å². The minimum Gasteiger partial charge on any atom is -0.379 e. The summed E-state index contributed by atoms with van der Waals surface area (Å²) in [6.07, 6.45) is 5.63. The molecule has 150 valence electrons. The number of hydrogen-bond acceptors (Lipinski definition) is 5. The van der Waals surface area contributed by atoms with Gasteiger partial charge in [-0.1, -0.05) is 33.6 Å². The van der Waals surface area contributed by atoms with Crippen LogP contribution in [-0.2, 0) is 23.7 Å². The Morgan fingerprint density at radius 2 is 1.36 bits per heavy atom. The topological polar surface area (TPSA) is 66.0 Å². The zero-order valence-electron chi connectivity index (χ0n) is 16.5. The molecule has 0 fully saturated rings. The summed E-state index contributed by atoms with van der Waals surface area (Å²) >= 11 is 0. The fraction of sp³-hybridized carbons (Fsp3) is 0.947. The minimum absolute atomic E-state index is 0.0622. The average molecular weight is 362 g/mol. The maximum Gasteiger partial charge on any atom is 0.245 e. The molecule has 0 aliphatic heterocycles. The Kier molecular flexibility index (Phi) is 19.1. The first-order valence-electron chi connectivity index (χ1n) is 9.74. The average Bonchev–Trinajstić information content (AvgIpc) is 2.58. The lowest BCUT2D eigenvalue weighted by atomic mass is 10.1. The maximum absolute atomic E-state index is 11.4. The highest BCUT2D eigenvalue weighted by atomic mass is 16.6.